The maximum absolute atomic E-state index is 13.2. The van der Waals surface area contributed by atoms with Gasteiger partial charge in [0.2, 0.25) is 5.88 Å². The third-order valence-electron chi connectivity index (χ3n) is 2.61. The largest absolute Gasteiger partial charge is 0.438 e. The van der Waals surface area contributed by atoms with Crippen molar-refractivity contribution in [1.82, 2.24) is 4.98 Å². The number of benzene rings is 1. The monoisotopic (exact) mass is 247 g/mol. The van der Waals surface area contributed by atoms with Gasteiger partial charge in [-0.15, -0.1) is 0 Å². The molecular formula is C14H14FNO2. The number of rotatable bonds is 3. The minimum Gasteiger partial charge on any atom is -0.438 e. The normalized spacial score (nSPS) is 12.2. The van der Waals surface area contributed by atoms with Gasteiger partial charge in [-0.3, -0.25) is 0 Å². The number of nitrogens with zero attached hydrogens (tertiary/aromatic N) is 1. The van der Waals surface area contributed by atoms with Crippen LogP contribution < -0.4 is 4.74 Å². The first-order valence-corrected chi connectivity index (χ1v) is 5.65. The van der Waals surface area contributed by atoms with Crippen molar-refractivity contribution in [3.8, 4) is 11.6 Å². The van der Waals surface area contributed by atoms with E-state index in [4.69, 9.17) is 4.74 Å². The molecule has 1 heterocycles. The number of halogens is 1. The molecule has 0 aliphatic heterocycles. The van der Waals surface area contributed by atoms with E-state index >= 15 is 0 Å². The Labute approximate surface area is 105 Å². The van der Waals surface area contributed by atoms with E-state index in [-0.39, 0.29) is 5.82 Å². The van der Waals surface area contributed by atoms with Gasteiger partial charge in [0.05, 0.1) is 6.10 Å². The molecule has 1 aromatic carbocycles. The lowest BCUT2D eigenvalue weighted by molar-refractivity contribution is 0.194. The number of aliphatic hydroxyl groups excluding tert-OH is 1. The lowest BCUT2D eigenvalue weighted by atomic mass is 10.2. The smallest absolute Gasteiger partial charge is 0.225 e. The van der Waals surface area contributed by atoms with E-state index in [1.54, 1.807) is 31.3 Å². The van der Waals surface area contributed by atoms with Crippen LogP contribution in [0.1, 0.15) is 24.2 Å². The van der Waals surface area contributed by atoms with Crippen molar-refractivity contribution in [2.45, 2.75) is 20.0 Å². The van der Waals surface area contributed by atoms with Gasteiger partial charge in [0.25, 0.3) is 0 Å². The second-order valence-corrected chi connectivity index (χ2v) is 4.09. The van der Waals surface area contributed by atoms with Gasteiger partial charge in [0.1, 0.15) is 11.6 Å². The van der Waals surface area contributed by atoms with Crippen LogP contribution >= 0.6 is 0 Å². The fraction of sp³-hybridized carbons (Fsp3) is 0.214. The van der Waals surface area contributed by atoms with Gasteiger partial charge in [-0.25, -0.2) is 9.37 Å². The van der Waals surface area contributed by atoms with Crippen molar-refractivity contribution in [1.29, 1.82) is 0 Å². The predicted molar refractivity (Wildman–Crippen MR) is 66.1 cm³/mol. The van der Waals surface area contributed by atoms with Gasteiger partial charge in [0.15, 0.2) is 0 Å². The van der Waals surface area contributed by atoms with Crippen molar-refractivity contribution in [3.05, 3.63) is 53.5 Å². The van der Waals surface area contributed by atoms with Crippen molar-refractivity contribution in [3.63, 3.8) is 0 Å². The lowest BCUT2D eigenvalue weighted by Gasteiger charge is -2.13. The number of hydrogen-bond donors (Lipinski definition) is 1. The molecule has 18 heavy (non-hydrogen) atoms. The second kappa shape index (κ2) is 5.14. The van der Waals surface area contributed by atoms with Gasteiger partial charge < -0.3 is 9.84 Å². The number of pyridine rings is 1. The van der Waals surface area contributed by atoms with E-state index in [9.17, 15) is 9.50 Å². The Hall–Kier alpha value is -1.94. The standard InChI is InChI=1S/C14H14FNO2/c1-9-5-6-11(15)8-13(9)18-14-12(10(2)17)4-3-7-16-14/h3-8,10,17H,1-2H3/t10-/m0/s1. The third-order valence-corrected chi connectivity index (χ3v) is 2.61. The van der Waals surface area contributed by atoms with E-state index in [0.717, 1.165) is 5.56 Å². The molecule has 0 aliphatic rings. The SMILES string of the molecule is Cc1ccc(F)cc1Oc1ncccc1[C@H](C)O. The van der Waals surface area contributed by atoms with Crippen molar-refractivity contribution in [2.75, 3.05) is 0 Å². The van der Waals surface area contributed by atoms with Gasteiger partial charge in [-0.1, -0.05) is 6.07 Å². The summed E-state index contributed by atoms with van der Waals surface area (Å²) in [7, 11) is 0. The number of aryl methyl sites for hydroxylation is 1. The molecule has 0 radical (unpaired) electrons. The minimum atomic E-state index is -0.692. The zero-order chi connectivity index (χ0) is 13.1. The highest BCUT2D eigenvalue weighted by Crippen LogP contribution is 2.29. The predicted octanol–water partition coefficient (Wildman–Crippen LogP) is 3.37. The number of hydrogen-bond acceptors (Lipinski definition) is 3. The molecule has 0 fully saturated rings. The van der Waals surface area contributed by atoms with Crippen molar-refractivity contribution in [2.24, 2.45) is 0 Å². The van der Waals surface area contributed by atoms with Crippen LogP contribution in [0.25, 0.3) is 0 Å². The summed E-state index contributed by atoms with van der Waals surface area (Å²) >= 11 is 0. The molecule has 1 N–H and O–H groups in total. The summed E-state index contributed by atoms with van der Waals surface area (Å²) in [6, 6.07) is 7.75. The quantitative estimate of drug-likeness (QED) is 0.904. The van der Waals surface area contributed by atoms with E-state index in [1.807, 2.05) is 6.92 Å². The van der Waals surface area contributed by atoms with E-state index in [1.165, 1.54) is 12.1 Å². The second-order valence-electron chi connectivity index (χ2n) is 4.09. The maximum Gasteiger partial charge on any atom is 0.225 e. The summed E-state index contributed by atoms with van der Waals surface area (Å²) in [4.78, 5) is 4.06. The molecule has 0 saturated heterocycles. The van der Waals surface area contributed by atoms with Crippen LogP contribution in [0.5, 0.6) is 11.6 Å². The molecule has 0 saturated carbocycles. The van der Waals surface area contributed by atoms with Gasteiger partial charge in [-0.05, 0) is 37.6 Å². The Bertz CT molecular complexity index is 555. The average Bonchev–Trinajstić information content (AvgIpc) is 2.34. The van der Waals surface area contributed by atoms with E-state index in [0.29, 0.717) is 17.2 Å². The topological polar surface area (TPSA) is 42.4 Å². The molecule has 1 atom stereocenters. The molecule has 0 amide bonds. The molecule has 1 aromatic heterocycles. The summed E-state index contributed by atoms with van der Waals surface area (Å²) < 4.78 is 18.7. The zero-order valence-corrected chi connectivity index (χ0v) is 10.2. The van der Waals surface area contributed by atoms with Gasteiger partial charge in [-0.2, -0.15) is 0 Å². The first kappa shape index (κ1) is 12.5. The fourth-order valence-corrected chi connectivity index (χ4v) is 1.59. The Kier molecular flexibility index (Phi) is 3.58. The Morgan fingerprint density at radius 2 is 2.11 bits per heavy atom. The maximum atomic E-state index is 13.2. The third kappa shape index (κ3) is 2.65. The average molecular weight is 247 g/mol. The summed E-state index contributed by atoms with van der Waals surface area (Å²) in [5.74, 6) is 0.321. The van der Waals surface area contributed by atoms with Crippen molar-refractivity contribution < 1.29 is 14.2 Å². The van der Waals surface area contributed by atoms with Crippen LogP contribution in [0.4, 0.5) is 4.39 Å². The van der Waals surface area contributed by atoms with Crippen molar-refractivity contribution >= 4 is 0 Å². The summed E-state index contributed by atoms with van der Waals surface area (Å²) in [6.07, 6.45) is 0.873. The van der Waals surface area contributed by atoms with Crippen LogP contribution in [0.3, 0.4) is 0 Å². The molecule has 2 aromatic rings. The Morgan fingerprint density at radius 3 is 2.83 bits per heavy atom. The first-order chi connectivity index (χ1) is 8.58. The first-order valence-electron chi connectivity index (χ1n) is 5.65. The molecule has 94 valence electrons. The summed E-state index contributed by atoms with van der Waals surface area (Å²) in [6.45, 7) is 3.45. The highest BCUT2D eigenvalue weighted by atomic mass is 19.1. The zero-order valence-electron chi connectivity index (χ0n) is 10.2. The van der Waals surface area contributed by atoms with Gasteiger partial charge in [0, 0.05) is 17.8 Å². The molecule has 4 heteroatoms. The van der Waals surface area contributed by atoms with Crippen LogP contribution in [0.15, 0.2) is 36.5 Å². The molecular weight excluding hydrogens is 233 g/mol. The molecule has 0 spiro atoms. The Balaban J connectivity index is 2.37. The minimum absolute atomic E-state index is 0.293. The van der Waals surface area contributed by atoms with Crippen LogP contribution in [0, 0.1) is 12.7 Å². The van der Waals surface area contributed by atoms with Crippen LogP contribution in [-0.4, -0.2) is 10.1 Å². The lowest BCUT2D eigenvalue weighted by Crippen LogP contribution is -1.99. The number of aromatic nitrogens is 1. The highest BCUT2D eigenvalue weighted by molar-refractivity contribution is 5.38. The van der Waals surface area contributed by atoms with Crippen LogP contribution in [0.2, 0.25) is 0 Å². The number of ether oxygens (including phenoxy) is 1. The molecule has 0 unspecified atom stereocenters. The van der Waals surface area contributed by atoms with Crippen LogP contribution in [-0.2, 0) is 0 Å². The molecule has 2 rings (SSSR count). The summed E-state index contributed by atoms with van der Waals surface area (Å²) in [5, 5.41) is 9.61. The number of aliphatic hydroxyl groups is 1. The highest BCUT2D eigenvalue weighted by Gasteiger charge is 2.12. The Morgan fingerprint density at radius 1 is 1.33 bits per heavy atom. The molecule has 3 nitrogen and oxygen atoms in total. The van der Waals surface area contributed by atoms with E-state index < -0.39 is 6.10 Å². The van der Waals surface area contributed by atoms with Gasteiger partial charge >= 0.3 is 0 Å². The molecule has 0 bridgehead atoms. The molecule has 0 aliphatic carbocycles. The summed E-state index contributed by atoms with van der Waals surface area (Å²) in [5.41, 5.74) is 1.37. The fourth-order valence-electron chi connectivity index (χ4n) is 1.59. The van der Waals surface area contributed by atoms with E-state index in [2.05, 4.69) is 4.98 Å².